The van der Waals surface area contributed by atoms with E-state index in [-0.39, 0.29) is 5.37 Å². The molecule has 1 unspecified atom stereocenters. The van der Waals surface area contributed by atoms with E-state index in [2.05, 4.69) is 17.0 Å². The fraction of sp³-hybridized carbons (Fsp3) is 0.174. The molecule has 142 valence electrons. The predicted molar refractivity (Wildman–Crippen MR) is 117 cm³/mol. The average molecular weight is 391 g/mol. The van der Waals surface area contributed by atoms with Crippen LogP contribution >= 0.6 is 11.8 Å². The van der Waals surface area contributed by atoms with Crippen LogP contribution in [0.5, 0.6) is 11.5 Å². The molecule has 28 heavy (non-hydrogen) atoms. The summed E-state index contributed by atoms with van der Waals surface area (Å²) in [6, 6.07) is 26.3. The molecule has 1 aliphatic heterocycles. The molecule has 1 saturated heterocycles. The minimum Gasteiger partial charge on any atom is -0.496 e. The van der Waals surface area contributed by atoms with Crippen molar-refractivity contribution in [2.24, 2.45) is 4.99 Å². The third kappa shape index (κ3) is 3.71. The van der Waals surface area contributed by atoms with Gasteiger partial charge < -0.3 is 14.4 Å². The van der Waals surface area contributed by atoms with Gasteiger partial charge in [-0.05, 0) is 30.3 Å². The molecule has 1 heterocycles. The maximum absolute atomic E-state index is 5.64. The van der Waals surface area contributed by atoms with Crippen LogP contribution in [0, 0.1) is 0 Å². The maximum atomic E-state index is 5.64. The van der Waals surface area contributed by atoms with Gasteiger partial charge in [0.2, 0.25) is 0 Å². The number of hydrogen-bond donors (Lipinski definition) is 0. The summed E-state index contributed by atoms with van der Waals surface area (Å²) in [7, 11) is 3.42. The Bertz CT molecular complexity index is 918. The molecule has 0 aromatic heterocycles. The first-order valence-electron chi connectivity index (χ1n) is 9.12. The Kier molecular flexibility index (Phi) is 5.53. The van der Waals surface area contributed by atoms with Gasteiger partial charge in [0.25, 0.3) is 0 Å². The van der Waals surface area contributed by atoms with Gasteiger partial charge in [-0.15, -0.1) is 0 Å². The van der Waals surface area contributed by atoms with Gasteiger partial charge >= 0.3 is 0 Å². The minimum absolute atomic E-state index is 0.0508. The Morgan fingerprint density at radius 3 is 2.21 bits per heavy atom. The Hall–Kier alpha value is -2.92. The molecule has 4 rings (SSSR count). The molecule has 5 heteroatoms. The van der Waals surface area contributed by atoms with Crippen molar-refractivity contribution in [3.05, 3.63) is 84.4 Å². The largest absolute Gasteiger partial charge is 0.496 e. The Morgan fingerprint density at radius 1 is 0.821 bits per heavy atom. The van der Waals surface area contributed by atoms with Crippen LogP contribution in [-0.2, 0) is 0 Å². The lowest BCUT2D eigenvalue weighted by atomic mass is 10.1. The van der Waals surface area contributed by atoms with Crippen LogP contribution in [0.25, 0.3) is 0 Å². The van der Waals surface area contributed by atoms with Crippen molar-refractivity contribution < 1.29 is 9.47 Å². The van der Waals surface area contributed by atoms with Gasteiger partial charge in [-0.3, -0.25) is 0 Å². The van der Waals surface area contributed by atoms with E-state index in [4.69, 9.17) is 14.5 Å². The van der Waals surface area contributed by atoms with Crippen molar-refractivity contribution in [1.82, 2.24) is 0 Å². The smallest absolute Gasteiger partial charge is 0.142 e. The first-order valence-corrected chi connectivity index (χ1v) is 10.00. The average Bonchev–Trinajstić information content (AvgIpc) is 3.17. The summed E-state index contributed by atoms with van der Waals surface area (Å²) in [5, 5.41) is 1.11. The molecule has 3 aromatic carbocycles. The number of methoxy groups -OCH3 is 2. The van der Waals surface area contributed by atoms with E-state index in [1.54, 1.807) is 26.0 Å². The zero-order chi connectivity index (χ0) is 19.3. The van der Waals surface area contributed by atoms with Crippen molar-refractivity contribution >= 4 is 28.2 Å². The topological polar surface area (TPSA) is 34.1 Å². The number of benzene rings is 3. The van der Waals surface area contributed by atoms with Crippen molar-refractivity contribution in [3.8, 4) is 11.5 Å². The second-order valence-electron chi connectivity index (χ2n) is 6.35. The fourth-order valence-corrected chi connectivity index (χ4v) is 4.61. The van der Waals surface area contributed by atoms with Crippen LogP contribution in [0.4, 0.5) is 11.4 Å². The van der Waals surface area contributed by atoms with Crippen LogP contribution in [0.3, 0.4) is 0 Å². The second-order valence-corrected chi connectivity index (χ2v) is 7.51. The standard InChI is InChI=1S/C23H22N2O2S/c1-26-20-14-8-6-12-18(20)23-25(19-13-7-9-15-21(19)27-2)16-22(28-23)24-17-10-4-3-5-11-17/h3-15,23H,16H2,1-2H3. The first-order chi connectivity index (χ1) is 13.8. The van der Waals surface area contributed by atoms with Crippen LogP contribution in [0.1, 0.15) is 10.9 Å². The fourth-order valence-electron chi connectivity index (χ4n) is 3.35. The van der Waals surface area contributed by atoms with E-state index in [9.17, 15) is 0 Å². The highest BCUT2D eigenvalue weighted by atomic mass is 32.2. The molecule has 4 nitrogen and oxygen atoms in total. The Labute approximate surface area is 169 Å². The number of thioether (sulfide) groups is 1. The molecule has 0 amide bonds. The zero-order valence-electron chi connectivity index (χ0n) is 15.9. The molecule has 1 fully saturated rings. The lowest BCUT2D eigenvalue weighted by molar-refractivity contribution is 0.407. The van der Waals surface area contributed by atoms with Gasteiger partial charge in [0.15, 0.2) is 0 Å². The monoisotopic (exact) mass is 390 g/mol. The maximum Gasteiger partial charge on any atom is 0.142 e. The molecular formula is C23H22N2O2S. The number of para-hydroxylation sites is 4. The molecule has 0 aliphatic carbocycles. The van der Waals surface area contributed by atoms with E-state index in [0.29, 0.717) is 6.54 Å². The first kappa shape index (κ1) is 18.4. The predicted octanol–water partition coefficient (Wildman–Crippen LogP) is 5.69. The van der Waals surface area contributed by atoms with Gasteiger partial charge in [-0.2, -0.15) is 0 Å². The molecule has 0 N–H and O–H groups in total. The van der Waals surface area contributed by atoms with E-state index < -0.39 is 0 Å². The lowest BCUT2D eigenvalue weighted by Gasteiger charge is -2.27. The van der Waals surface area contributed by atoms with Crippen LogP contribution < -0.4 is 14.4 Å². The molecule has 0 saturated carbocycles. The second kappa shape index (κ2) is 8.40. The quantitative estimate of drug-likeness (QED) is 0.561. The molecular weight excluding hydrogens is 368 g/mol. The summed E-state index contributed by atoms with van der Waals surface area (Å²) in [6.45, 7) is 0.711. The summed E-state index contributed by atoms with van der Waals surface area (Å²) in [6.07, 6.45) is 0. The highest BCUT2D eigenvalue weighted by Crippen LogP contribution is 2.47. The van der Waals surface area contributed by atoms with Crippen LogP contribution in [-0.4, -0.2) is 25.8 Å². The van der Waals surface area contributed by atoms with E-state index in [1.165, 1.54) is 0 Å². The van der Waals surface area contributed by atoms with Gasteiger partial charge in [0.1, 0.15) is 16.9 Å². The van der Waals surface area contributed by atoms with Crippen molar-refractivity contribution in [1.29, 1.82) is 0 Å². The van der Waals surface area contributed by atoms with Crippen molar-refractivity contribution in [2.75, 3.05) is 25.7 Å². The molecule has 3 aromatic rings. The number of aliphatic imine (C=N–C) groups is 1. The summed E-state index contributed by atoms with van der Waals surface area (Å²) < 4.78 is 11.3. The molecule has 0 radical (unpaired) electrons. The van der Waals surface area contributed by atoms with E-state index in [1.807, 2.05) is 66.7 Å². The zero-order valence-corrected chi connectivity index (χ0v) is 16.7. The Morgan fingerprint density at radius 2 is 1.46 bits per heavy atom. The molecule has 1 atom stereocenters. The van der Waals surface area contributed by atoms with Crippen LogP contribution in [0.15, 0.2) is 83.9 Å². The Balaban J connectivity index is 1.77. The van der Waals surface area contributed by atoms with Gasteiger partial charge in [-0.25, -0.2) is 4.99 Å². The highest BCUT2D eigenvalue weighted by Gasteiger charge is 2.34. The van der Waals surface area contributed by atoms with Gasteiger partial charge in [0, 0.05) is 5.56 Å². The van der Waals surface area contributed by atoms with Crippen molar-refractivity contribution in [3.63, 3.8) is 0 Å². The number of anilines is 1. The van der Waals surface area contributed by atoms with Gasteiger partial charge in [0.05, 0.1) is 37.2 Å². The van der Waals surface area contributed by atoms with Crippen molar-refractivity contribution in [2.45, 2.75) is 5.37 Å². The number of rotatable bonds is 5. The summed E-state index contributed by atoms with van der Waals surface area (Å²) >= 11 is 1.75. The number of nitrogens with zero attached hydrogens (tertiary/aromatic N) is 2. The molecule has 1 aliphatic rings. The SMILES string of the molecule is COc1ccccc1C1SC(=Nc2ccccc2)CN1c1ccccc1OC. The van der Waals surface area contributed by atoms with E-state index in [0.717, 1.165) is 33.5 Å². The molecule has 0 bridgehead atoms. The number of hydrogen-bond acceptors (Lipinski definition) is 5. The third-order valence-electron chi connectivity index (χ3n) is 4.65. The summed E-state index contributed by atoms with van der Waals surface area (Å²) in [4.78, 5) is 7.20. The van der Waals surface area contributed by atoms with Crippen LogP contribution in [0.2, 0.25) is 0 Å². The third-order valence-corrected chi connectivity index (χ3v) is 5.87. The summed E-state index contributed by atoms with van der Waals surface area (Å²) in [5.74, 6) is 1.73. The highest BCUT2D eigenvalue weighted by molar-refractivity contribution is 8.14. The van der Waals surface area contributed by atoms with Gasteiger partial charge in [-0.1, -0.05) is 60.3 Å². The summed E-state index contributed by atoms with van der Waals surface area (Å²) in [5.41, 5.74) is 3.14. The number of ether oxygens (including phenoxy) is 2. The minimum atomic E-state index is 0.0508. The normalized spacial score (nSPS) is 17.7. The lowest BCUT2D eigenvalue weighted by Crippen LogP contribution is -2.24. The molecule has 0 spiro atoms. The van der Waals surface area contributed by atoms with E-state index >= 15 is 0 Å².